The fraction of sp³-hybridized carbons (Fsp3) is 0.235. The third-order valence-electron chi connectivity index (χ3n) is 3.29. The molecule has 0 fully saturated rings. The van der Waals surface area contributed by atoms with Gasteiger partial charge in [-0.2, -0.15) is 0 Å². The van der Waals surface area contributed by atoms with E-state index in [1.54, 1.807) is 12.1 Å². The van der Waals surface area contributed by atoms with Gasteiger partial charge in [0.05, 0.1) is 0 Å². The molecule has 0 heterocycles. The Balaban J connectivity index is 0.00000264. The van der Waals surface area contributed by atoms with Crippen LogP contribution >= 0.6 is 11.6 Å². The first-order chi connectivity index (χ1) is 10.6. The smallest absolute Gasteiger partial charge is 0.255 e. The van der Waals surface area contributed by atoms with Gasteiger partial charge in [-0.3, -0.25) is 4.79 Å². The molecule has 1 atom stereocenters. The van der Waals surface area contributed by atoms with Crippen molar-refractivity contribution >= 4 is 17.5 Å². The molecular weight excluding hydrogens is 335 g/mol. The van der Waals surface area contributed by atoms with E-state index in [0.717, 1.165) is 5.56 Å². The Morgan fingerprint density at radius 3 is 2.61 bits per heavy atom. The summed E-state index contributed by atoms with van der Waals surface area (Å²) in [4.78, 5) is 10.9. The van der Waals surface area contributed by atoms with Crippen LogP contribution in [0.5, 0.6) is 5.75 Å². The molecule has 1 amide bonds. The minimum Gasteiger partial charge on any atom is -1.00 e. The van der Waals surface area contributed by atoms with Crippen molar-refractivity contribution < 1.29 is 21.9 Å². The van der Waals surface area contributed by atoms with Crippen molar-refractivity contribution in [2.45, 2.75) is 19.5 Å². The third kappa shape index (κ3) is 6.10. The van der Waals surface area contributed by atoms with Crippen molar-refractivity contribution in [3.8, 4) is 5.75 Å². The van der Waals surface area contributed by atoms with E-state index < -0.39 is 5.91 Å². The van der Waals surface area contributed by atoms with Crippen molar-refractivity contribution in [1.29, 1.82) is 0 Å². The monoisotopic (exact) mass is 353 g/mol. The van der Waals surface area contributed by atoms with Crippen molar-refractivity contribution in [2.75, 3.05) is 6.61 Å². The first-order valence-corrected chi connectivity index (χ1v) is 7.42. The van der Waals surface area contributed by atoms with Gasteiger partial charge in [-0.25, -0.2) is 0 Å². The number of rotatable bonds is 7. The molecular formula is C17H19Cl2N2O2-. The Kier molecular flexibility index (Phi) is 7.89. The number of benzene rings is 2. The molecule has 2 aromatic rings. The SMILES string of the molecule is CC(NCc1cc(Cl)ccc1OCC(N)=O)c1ccccc1.[Cl-]. The molecule has 23 heavy (non-hydrogen) atoms. The second kappa shape index (κ2) is 9.40. The number of nitrogens with two attached hydrogens (primary N) is 1. The normalized spacial score (nSPS) is 11.4. The van der Waals surface area contributed by atoms with Crippen molar-refractivity contribution in [1.82, 2.24) is 5.32 Å². The fourth-order valence-electron chi connectivity index (χ4n) is 2.10. The number of ether oxygens (including phenoxy) is 1. The lowest BCUT2D eigenvalue weighted by atomic mass is 10.1. The van der Waals surface area contributed by atoms with Crippen molar-refractivity contribution in [3.63, 3.8) is 0 Å². The largest absolute Gasteiger partial charge is 1.00 e. The summed E-state index contributed by atoms with van der Waals surface area (Å²) in [5, 5.41) is 4.04. The average molecular weight is 354 g/mol. The van der Waals surface area contributed by atoms with Gasteiger partial charge in [0.1, 0.15) is 5.75 Å². The number of carbonyl (C=O) groups is 1. The zero-order chi connectivity index (χ0) is 15.9. The number of hydrogen-bond donors (Lipinski definition) is 2. The molecule has 6 heteroatoms. The summed E-state index contributed by atoms with van der Waals surface area (Å²) in [6.45, 7) is 2.51. The highest BCUT2D eigenvalue weighted by molar-refractivity contribution is 6.30. The van der Waals surface area contributed by atoms with Crippen molar-refractivity contribution in [3.05, 3.63) is 64.7 Å². The Bertz CT molecular complexity index is 636. The van der Waals surface area contributed by atoms with E-state index in [-0.39, 0.29) is 25.1 Å². The van der Waals surface area contributed by atoms with Crippen LogP contribution < -0.4 is 28.2 Å². The summed E-state index contributed by atoms with van der Waals surface area (Å²) in [5.41, 5.74) is 7.20. The number of carbonyl (C=O) groups excluding carboxylic acids is 1. The van der Waals surface area contributed by atoms with E-state index in [4.69, 9.17) is 22.1 Å². The standard InChI is InChI=1S/C17H19ClN2O2.ClH/c1-12(13-5-3-2-4-6-13)20-10-14-9-15(18)7-8-16(14)22-11-17(19)21;/h2-9,12,20H,10-11H2,1H3,(H2,19,21);1H/p-1. The number of hydrogen-bond acceptors (Lipinski definition) is 3. The lowest BCUT2D eigenvalue weighted by Crippen LogP contribution is -3.00. The summed E-state index contributed by atoms with van der Waals surface area (Å²) >= 11 is 6.04. The van der Waals surface area contributed by atoms with E-state index >= 15 is 0 Å². The lowest BCUT2D eigenvalue weighted by Gasteiger charge is -2.16. The molecule has 0 aliphatic rings. The van der Waals surface area contributed by atoms with Crippen molar-refractivity contribution in [2.24, 2.45) is 5.73 Å². The van der Waals surface area contributed by atoms with Gasteiger partial charge in [-0.1, -0.05) is 41.9 Å². The molecule has 124 valence electrons. The van der Waals surface area contributed by atoms with Crippen LogP contribution in [0.3, 0.4) is 0 Å². The van der Waals surface area contributed by atoms with Gasteiger partial charge < -0.3 is 28.2 Å². The third-order valence-corrected chi connectivity index (χ3v) is 3.53. The second-order valence-corrected chi connectivity index (χ2v) is 5.46. The fourth-order valence-corrected chi connectivity index (χ4v) is 2.29. The van der Waals surface area contributed by atoms with Gasteiger partial charge in [-0.05, 0) is 30.7 Å². The minimum atomic E-state index is -0.508. The predicted molar refractivity (Wildman–Crippen MR) is 87.8 cm³/mol. The summed E-state index contributed by atoms with van der Waals surface area (Å²) in [5.74, 6) is 0.0995. The number of primary amides is 1. The zero-order valence-corrected chi connectivity index (χ0v) is 14.3. The summed E-state index contributed by atoms with van der Waals surface area (Å²) < 4.78 is 5.42. The van der Waals surface area contributed by atoms with Gasteiger partial charge in [-0.15, -0.1) is 0 Å². The number of halogens is 2. The van der Waals surface area contributed by atoms with Crippen LogP contribution in [0.1, 0.15) is 24.1 Å². The van der Waals surface area contributed by atoms with Crippen LogP contribution in [-0.4, -0.2) is 12.5 Å². The predicted octanol–water partition coefficient (Wildman–Crippen LogP) is 0.0589. The van der Waals surface area contributed by atoms with Gasteiger partial charge >= 0.3 is 0 Å². The maximum Gasteiger partial charge on any atom is 0.255 e. The number of amides is 1. The average Bonchev–Trinajstić information content (AvgIpc) is 2.52. The molecule has 0 aliphatic carbocycles. The van der Waals surface area contributed by atoms with E-state index in [9.17, 15) is 4.79 Å². The topological polar surface area (TPSA) is 64.3 Å². The Morgan fingerprint density at radius 1 is 1.26 bits per heavy atom. The molecule has 0 bridgehead atoms. The molecule has 1 unspecified atom stereocenters. The highest BCUT2D eigenvalue weighted by atomic mass is 35.5. The molecule has 0 spiro atoms. The Labute approximate surface area is 147 Å². The molecule has 3 N–H and O–H groups in total. The molecule has 2 rings (SSSR count). The van der Waals surface area contributed by atoms with E-state index in [0.29, 0.717) is 17.3 Å². The van der Waals surface area contributed by atoms with Crippen LogP contribution in [0.4, 0.5) is 0 Å². The maximum atomic E-state index is 10.9. The first kappa shape index (κ1) is 19.3. The highest BCUT2D eigenvalue weighted by Crippen LogP contribution is 2.24. The van der Waals surface area contributed by atoms with Crippen LogP contribution in [0.25, 0.3) is 0 Å². The van der Waals surface area contributed by atoms with Gasteiger partial charge in [0.15, 0.2) is 6.61 Å². The van der Waals surface area contributed by atoms with E-state index in [1.807, 2.05) is 24.3 Å². The first-order valence-electron chi connectivity index (χ1n) is 7.04. The number of nitrogens with one attached hydrogen (secondary N) is 1. The zero-order valence-electron chi connectivity index (χ0n) is 12.8. The lowest BCUT2D eigenvalue weighted by molar-refractivity contribution is -0.119. The molecule has 0 aliphatic heterocycles. The van der Waals surface area contributed by atoms with Crippen LogP contribution in [0, 0.1) is 0 Å². The maximum absolute atomic E-state index is 10.9. The quantitative estimate of drug-likeness (QED) is 0.739. The molecule has 0 radical (unpaired) electrons. The summed E-state index contributed by atoms with van der Waals surface area (Å²) in [6, 6.07) is 15.6. The van der Waals surface area contributed by atoms with Gasteiger partial charge in [0, 0.05) is 23.2 Å². The van der Waals surface area contributed by atoms with Crippen LogP contribution in [-0.2, 0) is 11.3 Å². The summed E-state index contributed by atoms with van der Waals surface area (Å²) in [7, 11) is 0. The van der Waals surface area contributed by atoms with Crippen LogP contribution in [0.2, 0.25) is 5.02 Å². The van der Waals surface area contributed by atoms with Gasteiger partial charge in [0.2, 0.25) is 0 Å². The molecule has 0 aromatic heterocycles. The second-order valence-electron chi connectivity index (χ2n) is 5.02. The van der Waals surface area contributed by atoms with E-state index in [2.05, 4.69) is 24.4 Å². The summed E-state index contributed by atoms with van der Waals surface area (Å²) in [6.07, 6.45) is 0. The Hall–Kier alpha value is -1.75. The van der Waals surface area contributed by atoms with Crippen LogP contribution in [0.15, 0.2) is 48.5 Å². The van der Waals surface area contributed by atoms with E-state index in [1.165, 1.54) is 5.56 Å². The Morgan fingerprint density at radius 2 is 1.96 bits per heavy atom. The molecule has 4 nitrogen and oxygen atoms in total. The highest BCUT2D eigenvalue weighted by Gasteiger charge is 2.09. The van der Waals surface area contributed by atoms with Gasteiger partial charge in [0.25, 0.3) is 5.91 Å². The molecule has 2 aromatic carbocycles. The molecule has 0 saturated carbocycles. The molecule has 0 saturated heterocycles. The minimum absolute atomic E-state index is 0.